The van der Waals surface area contributed by atoms with Crippen molar-refractivity contribution < 1.29 is 9.18 Å². The molecule has 0 aromatic heterocycles. The van der Waals surface area contributed by atoms with Gasteiger partial charge in [-0.3, -0.25) is 4.79 Å². The molecule has 4 heteroatoms. The van der Waals surface area contributed by atoms with Gasteiger partial charge in [0, 0.05) is 13.6 Å². The fraction of sp³-hybridized carbons (Fsp3) is 0.125. The van der Waals surface area contributed by atoms with Crippen molar-refractivity contribution in [2.24, 2.45) is 0 Å². The molecular weight excluding hydrogens is 338 g/mol. The monoisotopic (exact) mass is 342 g/mol. The highest BCUT2D eigenvalue weighted by Gasteiger charge is 2.09. The molecule has 12 heavy (non-hydrogen) atoms. The van der Waals surface area contributed by atoms with Gasteiger partial charge in [-0.2, -0.15) is 0 Å². The van der Waals surface area contributed by atoms with Crippen molar-refractivity contribution in [3.63, 3.8) is 0 Å². The zero-order valence-electron chi connectivity index (χ0n) is 6.20. The first-order chi connectivity index (χ1) is 5.52. The molecule has 0 saturated heterocycles. The zero-order valence-corrected chi connectivity index (χ0v) is 9.94. The number of hydrogen-bond acceptors (Lipinski definition) is 1. The Kier molecular flexibility index (Phi) is 3.22. The van der Waals surface area contributed by atoms with Gasteiger partial charge in [-0.05, 0) is 41.6 Å². The standard InChI is InChI=1S/C8H5BrFIO/c1-4(12)5-2-7(10)8(11)3-6(5)9/h2-3H,1H3. The fourth-order valence-corrected chi connectivity index (χ4v) is 2.31. The first kappa shape index (κ1) is 10.1. The smallest absolute Gasteiger partial charge is 0.161 e. The predicted molar refractivity (Wildman–Crippen MR) is 56.8 cm³/mol. The number of hydrogen-bond donors (Lipinski definition) is 0. The molecule has 0 N–H and O–H groups in total. The Morgan fingerprint density at radius 1 is 1.58 bits per heavy atom. The summed E-state index contributed by atoms with van der Waals surface area (Å²) in [5.41, 5.74) is 0.382. The number of rotatable bonds is 1. The summed E-state index contributed by atoms with van der Waals surface area (Å²) in [6.45, 7) is 1.41. The fourth-order valence-electron chi connectivity index (χ4n) is 0.792. The number of benzene rings is 1. The van der Waals surface area contributed by atoms with E-state index in [0.29, 0.717) is 13.6 Å². The van der Waals surface area contributed by atoms with Gasteiger partial charge in [0.1, 0.15) is 5.82 Å². The van der Waals surface area contributed by atoms with E-state index in [2.05, 4.69) is 15.9 Å². The van der Waals surface area contributed by atoms with Crippen molar-refractivity contribution in [2.75, 3.05) is 0 Å². The van der Waals surface area contributed by atoms with Crippen molar-refractivity contribution >= 4 is 44.3 Å². The van der Waals surface area contributed by atoms with Gasteiger partial charge in [0.25, 0.3) is 0 Å². The Hall–Kier alpha value is 0.0300. The molecule has 0 aliphatic heterocycles. The van der Waals surface area contributed by atoms with Crippen LogP contribution in [0.5, 0.6) is 0 Å². The summed E-state index contributed by atoms with van der Waals surface area (Å²) in [7, 11) is 0. The van der Waals surface area contributed by atoms with E-state index in [1.54, 1.807) is 6.07 Å². The van der Waals surface area contributed by atoms with Crippen LogP contribution in [0.2, 0.25) is 0 Å². The molecule has 1 aromatic rings. The Morgan fingerprint density at radius 2 is 2.17 bits per heavy atom. The highest BCUT2D eigenvalue weighted by atomic mass is 127. The molecule has 1 rings (SSSR count). The number of ketones is 1. The van der Waals surface area contributed by atoms with Crippen LogP contribution < -0.4 is 0 Å². The van der Waals surface area contributed by atoms with E-state index in [1.165, 1.54) is 13.0 Å². The summed E-state index contributed by atoms with van der Waals surface area (Å²) in [5.74, 6) is -0.499. The van der Waals surface area contributed by atoms with Crippen LogP contribution in [0.1, 0.15) is 17.3 Å². The molecule has 0 heterocycles. The quantitative estimate of drug-likeness (QED) is 0.434. The number of Topliss-reactive ketones (excluding diaryl/α,β-unsaturated/α-hetero) is 1. The number of carbonyl (C=O) groups excluding carboxylic acids is 1. The normalized spacial score (nSPS) is 10.0. The minimum atomic E-state index is -0.357. The van der Waals surface area contributed by atoms with E-state index in [1.807, 2.05) is 22.6 Å². The van der Waals surface area contributed by atoms with Crippen molar-refractivity contribution in [2.45, 2.75) is 6.92 Å². The predicted octanol–water partition coefficient (Wildman–Crippen LogP) is 3.40. The van der Waals surface area contributed by atoms with E-state index in [0.717, 1.165) is 0 Å². The Bertz CT molecular complexity index is 338. The maximum Gasteiger partial charge on any atom is 0.161 e. The molecule has 1 aromatic carbocycles. The summed E-state index contributed by atoms with van der Waals surface area (Å²) in [4.78, 5) is 10.9. The maximum atomic E-state index is 12.9. The molecular formula is C8H5BrFIO. The Balaban J connectivity index is 3.33. The second-order valence-electron chi connectivity index (χ2n) is 2.30. The molecule has 1 nitrogen and oxygen atoms in total. The van der Waals surface area contributed by atoms with Crippen molar-refractivity contribution in [1.29, 1.82) is 0 Å². The van der Waals surface area contributed by atoms with Crippen LogP contribution >= 0.6 is 38.5 Å². The Labute approximate surface area is 91.6 Å². The highest BCUT2D eigenvalue weighted by molar-refractivity contribution is 14.1. The lowest BCUT2D eigenvalue weighted by molar-refractivity contribution is 0.101. The molecule has 0 atom stereocenters. The van der Waals surface area contributed by atoms with Crippen molar-refractivity contribution in [3.8, 4) is 0 Å². The van der Waals surface area contributed by atoms with Gasteiger partial charge in [0.05, 0.1) is 0 Å². The highest BCUT2D eigenvalue weighted by Crippen LogP contribution is 2.22. The van der Waals surface area contributed by atoms with Gasteiger partial charge in [-0.1, -0.05) is 15.9 Å². The summed E-state index contributed by atoms with van der Waals surface area (Å²) in [5, 5.41) is 0. The summed E-state index contributed by atoms with van der Waals surface area (Å²) >= 11 is 5.06. The third-order valence-corrected chi connectivity index (χ3v) is 2.87. The van der Waals surface area contributed by atoms with E-state index in [-0.39, 0.29) is 11.6 Å². The SMILES string of the molecule is CC(=O)c1cc(F)c(I)cc1Br. The second-order valence-corrected chi connectivity index (χ2v) is 4.32. The topological polar surface area (TPSA) is 17.1 Å². The van der Waals surface area contributed by atoms with E-state index in [4.69, 9.17) is 0 Å². The van der Waals surface area contributed by atoms with Gasteiger partial charge >= 0.3 is 0 Å². The average molecular weight is 343 g/mol. The molecule has 64 valence electrons. The van der Waals surface area contributed by atoms with E-state index in [9.17, 15) is 9.18 Å². The molecule has 0 aliphatic carbocycles. The van der Waals surface area contributed by atoms with Gasteiger partial charge in [0.15, 0.2) is 5.78 Å². The van der Waals surface area contributed by atoms with Crippen LogP contribution in [0.4, 0.5) is 4.39 Å². The first-order valence-corrected chi connectivity index (χ1v) is 5.05. The van der Waals surface area contributed by atoms with Gasteiger partial charge < -0.3 is 0 Å². The first-order valence-electron chi connectivity index (χ1n) is 3.18. The third-order valence-electron chi connectivity index (χ3n) is 1.39. The van der Waals surface area contributed by atoms with Crippen LogP contribution in [0.15, 0.2) is 16.6 Å². The van der Waals surface area contributed by atoms with Crippen LogP contribution in [0, 0.1) is 9.39 Å². The molecule has 0 saturated carbocycles. The van der Waals surface area contributed by atoms with Crippen LogP contribution in [0.3, 0.4) is 0 Å². The van der Waals surface area contributed by atoms with Gasteiger partial charge in [-0.25, -0.2) is 4.39 Å². The third kappa shape index (κ3) is 2.04. The zero-order chi connectivity index (χ0) is 9.30. The number of carbonyl (C=O) groups is 1. The molecule has 0 spiro atoms. The van der Waals surface area contributed by atoms with Crippen molar-refractivity contribution in [1.82, 2.24) is 0 Å². The largest absolute Gasteiger partial charge is 0.294 e. The summed E-state index contributed by atoms with van der Waals surface area (Å²) in [6.07, 6.45) is 0. The molecule has 0 fully saturated rings. The lowest BCUT2D eigenvalue weighted by Gasteiger charge is -2.01. The summed E-state index contributed by atoms with van der Waals surface area (Å²) < 4.78 is 14.1. The minimum absolute atomic E-state index is 0.142. The molecule has 0 bridgehead atoms. The summed E-state index contributed by atoms with van der Waals surface area (Å²) in [6, 6.07) is 2.83. The van der Waals surface area contributed by atoms with Gasteiger partial charge in [-0.15, -0.1) is 0 Å². The minimum Gasteiger partial charge on any atom is -0.294 e. The Morgan fingerprint density at radius 3 is 2.67 bits per heavy atom. The number of halogens is 3. The lowest BCUT2D eigenvalue weighted by atomic mass is 10.1. The second kappa shape index (κ2) is 3.83. The van der Waals surface area contributed by atoms with Crippen LogP contribution in [-0.4, -0.2) is 5.78 Å². The van der Waals surface area contributed by atoms with E-state index < -0.39 is 0 Å². The van der Waals surface area contributed by atoms with Crippen molar-refractivity contribution in [3.05, 3.63) is 31.6 Å². The van der Waals surface area contributed by atoms with Crippen LogP contribution in [0.25, 0.3) is 0 Å². The van der Waals surface area contributed by atoms with Crippen LogP contribution in [-0.2, 0) is 0 Å². The molecule has 0 amide bonds. The maximum absolute atomic E-state index is 12.9. The molecule has 0 aliphatic rings. The van der Waals surface area contributed by atoms with E-state index >= 15 is 0 Å². The lowest BCUT2D eigenvalue weighted by Crippen LogP contribution is -1.96. The molecule has 0 radical (unpaired) electrons. The van der Waals surface area contributed by atoms with Gasteiger partial charge in [0.2, 0.25) is 0 Å². The average Bonchev–Trinajstić information content (AvgIpc) is 1.96. The molecule has 0 unspecified atom stereocenters.